The SMILES string of the molecule is O=C1C=CN(C(=O)c2ccccc2)[C@H](c2ccc(Br)cc2)C1. The predicted molar refractivity (Wildman–Crippen MR) is 88.3 cm³/mol. The van der Waals surface area contributed by atoms with Gasteiger partial charge in [-0.15, -0.1) is 0 Å². The van der Waals surface area contributed by atoms with Crippen molar-refractivity contribution in [1.82, 2.24) is 4.90 Å². The maximum atomic E-state index is 12.7. The molecular weight excluding hydrogens is 342 g/mol. The Morgan fingerprint density at radius 3 is 2.41 bits per heavy atom. The van der Waals surface area contributed by atoms with Crippen molar-refractivity contribution >= 4 is 27.6 Å². The Hall–Kier alpha value is -2.20. The van der Waals surface area contributed by atoms with E-state index in [1.807, 2.05) is 42.5 Å². The third-order valence-electron chi connectivity index (χ3n) is 3.66. The summed E-state index contributed by atoms with van der Waals surface area (Å²) in [5, 5.41) is 0. The molecule has 4 heteroatoms. The summed E-state index contributed by atoms with van der Waals surface area (Å²) in [7, 11) is 0. The van der Waals surface area contributed by atoms with Gasteiger partial charge in [0.2, 0.25) is 0 Å². The molecule has 0 fully saturated rings. The fourth-order valence-electron chi connectivity index (χ4n) is 2.53. The Morgan fingerprint density at radius 1 is 1.05 bits per heavy atom. The van der Waals surface area contributed by atoms with E-state index in [0.29, 0.717) is 12.0 Å². The normalized spacial score (nSPS) is 17.6. The van der Waals surface area contributed by atoms with Crippen molar-refractivity contribution in [2.75, 3.05) is 0 Å². The predicted octanol–water partition coefficient (Wildman–Crippen LogP) is 4.12. The fourth-order valence-corrected chi connectivity index (χ4v) is 2.79. The lowest BCUT2D eigenvalue weighted by molar-refractivity contribution is -0.116. The number of halogens is 1. The Kier molecular flexibility index (Phi) is 4.20. The van der Waals surface area contributed by atoms with Gasteiger partial charge in [-0.05, 0) is 35.9 Å². The van der Waals surface area contributed by atoms with Crippen molar-refractivity contribution in [1.29, 1.82) is 0 Å². The summed E-state index contributed by atoms with van der Waals surface area (Å²) in [4.78, 5) is 26.1. The van der Waals surface area contributed by atoms with Crippen molar-refractivity contribution in [3.8, 4) is 0 Å². The molecule has 22 heavy (non-hydrogen) atoms. The molecule has 0 bridgehead atoms. The van der Waals surface area contributed by atoms with E-state index in [9.17, 15) is 9.59 Å². The minimum Gasteiger partial charge on any atom is -0.307 e. The van der Waals surface area contributed by atoms with Gasteiger partial charge in [-0.2, -0.15) is 0 Å². The Balaban J connectivity index is 1.96. The quantitative estimate of drug-likeness (QED) is 0.812. The van der Waals surface area contributed by atoms with Gasteiger partial charge in [0.1, 0.15) is 0 Å². The molecule has 0 saturated carbocycles. The van der Waals surface area contributed by atoms with E-state index in [-0.39, 0.29) is 17.7 Å². The van der Waals surface area contributed by atoms with Crippen molar-refractivity contribution < 1.29 is 9.59 Å². The first-order valence-corrected chi connectivity index (χ1v) is 7.78. The number of rotatable bonds is 2. The zero-order valence-corrected chi connectivity index (χ0v) is 13.4. The molecule has 2 aromatic carbocycles. The molecule has 3 nitrogen and oxygen atoms in total. The number of nitrogens with zero attached hydrogens (tertiary/aromatic N) is 1. The lowest BCUT2D eigenvalue weighted by Gasteiger charge is -2.31. The molecular formula is C18H14BrNO2. The van der Waals surface area contributed by atoms with E-state index in [4.69, 9.17) is 0 Å². The van der Waals surface area contributed by atoms with Crippen LogP contribution in [0.1, 0.15) is 28.4 Å². The van der Waals surface area contributed by atoms with Crippen molar-refractivity contribution in [3.05, 3.63) is 82.5 Å². The Labute approximate surface area is 137 Å². The Morgan fingerprint density at radius 2 is 1.73 bits per heavy atom. The molecule has 1 aliphatic rings. The number of allylic oxidation sites excluding steroid dienone is 1. The van der Waals surface area contributed by atoms with E-state index in [1.165, 1.54) is 6.08 Å². The third-order valence-corrected chi connectivity index (χ3v) is 4.19. The van der Waals surface area contributed by atoms with Crippen molar-refractivity contribution in [2.45, 2.75) is 12.5 Å². The molecule has 1 atom stereocenters. The standard InChI is InChI=1S/C18H14BrNO2/c19-15-8-6-13(7-9-15)17-12-16(21)10-11-20(17)18(22)14-4-2-1-3-5-14/h1-11,17H,12H2/t17-/m0/s1. The summed E-state index contributed by atoms with van der Waals surface area (Å²) in [5.74, 6) is -0.0673. The highest BCUT2D eigenvalue weighted by atomic mass is 79.9. The number of carbonyl (C=O) groups is 2. The molecule has 1 aliphatic heterocycles. The zero-order valence-electron chi connectivity index (χ0n) is 11.8. The van der Waals surface area contributed by atoms with Crippen LogP contribution in [0.5, 0.6) is 0 Å². The first kappa shape index (κ1) is 14.7. The maximum absolute atomic E-state index is 12.7. The monoisotopic (exact) mass is 355 g/mol. The molecule has 0 aromatic heterocycles. The second-order valence-electron chi connectivity index (χ2n) is 5.13. The van der Waals surface area contributed by atoms with E-state index < -0.39 is 0 Å². The largest absolute Gasteiger partial charge is 0.307 e. The van der Waals surface area contributed by atoms with Gasteiger partial charge in [0.15, 0.2) is 5.78 Å². The van der Waals surface area contributed by atoms with Gasteiger partial charge in [0, 0.05) is 22.7 Å². The molecule has 0 radical (unpaired) electrons. The topological polar surface area (TPSA) is 37.4 Å². The van der Waals surface area contributed by atoms with Crippen LogP contribution in [0.25, 0.3) is 0 Å². The van der Waals surface area contributed by atoms with Crippen LogP contribution in [0, 0.1) is 0 Å². The summed E-state index contributed by atoms with van der Waals surface area (Å²) in [5.41, 5.74) is 1.56. The van der Waals surface area contributed by atoms with Crippen molar-refractivity contribution in [2.24, 2.45) is 0 Å². The highest BCUT2D eigenvalue weighted by Crippen LogP contribution is 2.30. The molecule has 1 heterocycles. The number of hydrogen-bond acceptors (Lipinski definition) is 2. The fraction of sp³-hybridized carbons (Fsp3) is 0.111. The smallest absolute Gasteiger partial charge is 0.258 e. The highest BCUT2D eigenvalue weighted by molar-refractivity contribution is 9.10. The molecule has 0 spiro atoms. The van der Waals surface area contributed by atoms with Crippen LogP contribution < -0.4 is 0 Å². The lowest BCUT2D eigenvalue weighted by Crippen LogP contribution is -2.34. The van der Waals surface area contributed by atoms with Gasteiger partial charge in [0.25, 0.3) is 5.91 Å². The van der Waals surface area contributed by atoms with Gasteiger partial charge in [-0.1, -0.05) is 46.3 Å². The second kappa shape index (κ2) is 6.28. The van der Waals surface area contributed by atoms with Gasteiger partial charge in [0.05, 0.1) is 6.04 Å². The van der Waals surface area contributed by atoms with E-state index in [1.54, 1.807) is 23.2 Å². The Bertz CT molecular complexity index is 723. The summed E-state index contributed by atoms with van der Waals surface area (Å²) in [6, 6.07) is 16.6. The minimum atomic E-state index is -0.265. The zero-order chi connectivity index (χ0) is 15.5. The minimum absolute atomic E-state index is 0.0324. The first-order valence-electron chi connectivity index (χ1n) is 6.99. The average molecular weight is 356 g/mol. The number of hydrogen-bond donors (Lipinski definition) is 0. The van der Waals surface area contributed by atoms with Crippen LogP contribution >= 0.6 is 15.9 Å². The van der Waals surface area contributed by atoms with E-state index >= 15 is 0 Å². The molecule has 1 amide bonds. The van der Waals surface area contributed by atoms with E-state index in [2.05, 4.69) is 15.9 Å². The van der Waals surface area contributed by atoms with Gasteiger partial charge < -0.3 is 4.90 Å². The van der Waals surface area contributed by atoms with Crippen LogP contribution in [0.4, 0.5) is 0 Å². The molecule has 0 aliphatic carbocycles. The highest BCUT2D eigenvalue weighted by Gasteiger charge is 2.29. The summed E-state index contributed by atoms with van der Waals surface area (Å²) in [6.45, 7) is 0. The average Bonchev–Trinajstić information content (AvgIpc) is 2.56. The number of amides is 1. The van der Waals surface area contributed by atoms with E-state index in [0.717, 1.165) is 10.0 Å². The van der Waals surface area contributed by atoms with Crippen LogP contribution in [0.15, 0.2) is 71.3 Å². The molecule has 0 N–H and O–H groups in total. The van der Waals surface area contributed by atoms with Gasteiger partial charge in [-0.3, -0.25) is 9.59 Å². The van der Waals surface area contributed by atoms with Crippen LogP contribution in [0.2, 0.25) is 0 Å². The van der Waals surface area contributed by atoms with Crippen LogP contribution in [-0.2, 0) is 4.79 Å². The lowest BCUT2D eigenvalue weighted by atomic mass is 9.96. The van der Waals surface area contributed by atoms with Gasteiger partial charge in [-0.25, -0.2) is 0 Å². The van der Waals surface area contributed by atoms with Crippen LogP contribution in [-0.4, -0.2) is 16.6 Å². The molecule has 110 valence electrons. The molecule has 2 aromatic rings. The number of ketones is 1. The summed E-state index contributed by atoms with van der Waals surface area (Å²) < 4.78 is 0.967. The number of benzene rings is 2. The second-order valence-corrected chi connectivity index (χ2v) is 6.05. The number of carbonyl (C=O) groups excluding carboxylic acids is 2. The molecule has 3 rings (SSSR count). The summed E-state index contributed by atoms with van der Waals surface area (Å²) >= 11 is 3.40. The van der Waals surface area contributed by atoms with Crippen LogP contribution in [0.3, 0.4) is 0 Å². The van der Waals surface area contributed by atoms with Crippen molar-refractivity contribution in [3.63, 3.8) is 0 Å². The molecule has 0 saturated heterocycles. The maximum Gasteiger partial charge on any atom is 0.258 e. The third kappa shape index (κ3) is 3.02. The molecule has 0 unspecified atom stereocenters. The van der Waals surface area contributed by atoms with Gasteiger partial charge >= 0.3 is 0 Å². The first-order chi connectivity index (χ1) is 10.6. The summed E-state index contributed by atoms with van der Waals surface area (Å²) in [6.07, 6.45) is 3.36.